The Kier molecular flexibility index (Phi) is 7.78. The van der Waals surface area contributed by atoms with Crippen molar-refractivity contribution in [3.05, 3.63) is 89.5 Å². The Hall–Kier alpha value is -4.00. The molecule has 7 heteroatoms. The Morgan fingerprint density at radius 3 is 2.28 bits per heavy atom. The van der Waals surface area contributed by atoms with Crippen molar-refractivity contribution in [3.63, 3.8) is 0 Å². The van der Waals surface area contributed by atoms with Crippen LogP contribution in [0.2, 0.25) is 0 Å². The van der Waals surface area contributed by atoms with Gasteiger partial charge in [0.2, 0.25) is 5.91 Å². The third-order valence-electron chi connectivity index (χ3n) is 6.72. The van der Waals surface area contributed by atoms with E-state index >= 15 is 0 Å². The van der Waals surface area contributed by atoms with Gasteiger partial charge in [0.25, 0.3) is 5.91 Å². The lowest BCUT2D eigenvalue weighted by molar-refractivity contribution is -0.134. The molecular weight excluding hydrogens is 456 g/mol. The van der Waals surface area contributed by atoms with Gasteiger partial charge in [0.15, 0.2) is 0 Å². The van der Waals surface area contributed by atoms with Crippen LogP contribution in [0.5, 0.6) is 17.2 Å². The van der Waals surface area contributed by atoms with Crippen LogP contribution in [0.1, 0.15) is 27.4 Å². The van der Waals surface area contributed by atoms with E-state index in [9.17, 15) is 9.59 Å². The standard InChI is InChI=1S/C29H32N2O5/c1-30(17-20-9-6-5-7-10-20)29(33)26-19-31(28(32)21-11-8-12-22(15-21)34-2)18-25(26)24-16-23(35-3)13-14-27(24)36-4/h5-16,25-26H,17-19H2,1-4H3/t25-,26+/m1/s1. The molecule has 1 heterocycles. The number of hydrogen-bond donors (Lipinski definition) is 0. The summed E-state index contributed by atoms with van der Waals surface area (Å²) in [5, 5.41) is 0. The number of carbonyl (C=O) groups excluding carboxylic acids is 2. The second-order valence-corrected chi connectivity index (χ2v) is 8.94. The number of rotatable bonds is 8. The lowest BCUT2D eigenvalue weighted by Crippen LogP contribution is -2.36. The Balaban J connectivity index is 1.67. The second-order valence-electron chi connectivity index (χ2n) is 8.94. The first kappa shape index (κ1) is 25.1. The molecule has 1 fully saturated rings. The largest absolute Gasteiger partial charge is 0.497 e. The van der Waals surface area contributed by atoms with Gasteiger partial charge in [-0.25, -0.2) is 0 Å². The summed E-state index contributed by atoms with van der Waals surface area (Å²) in [4.78, 5) is 30.8. The van der Waals surface area contributed by atoms with Crippen molar-refractivity contribution in [3.8, 4) is 17.2 Å². The van der Waals surface area contributed by atoms with E-state index in [0.29, 0.717) is 42.4 Å². The van der Waals surface area contributed by atoms with E-state index < -0.39 is 5.92 Å². The highest BCUT2D eigenvalue weighted by molar-refractivity contribution is 5.95. The lowest BCUT2D eigenvalue weighted by atomic mass is 9.87. The molecule has 0 bridgehead atoms. The van der Waals surface area contributed by atoms with Crippen LogP contribution in [0.15, 0.2) is 72.8 Å². The lowest BCUT2D eigenvalue weighted by Gasteiger charge is -2.25. The summed E-state index contributed by atoms with van der Waals surface area (Å²) in [7, 11) is 6.59. The summed E-state index contributed by atoms with van der Waals surface area (Å²) in [6, 6.07) is 22.5. The molecule has 188 valence electrons. The monoisotopic (exact) mass is 488 g/mol. The number of likely N-dealkylation sites (tertiary alicyclic amines) is 1. The van der Waals surface area contributed by atoms with Crippen molar-refractivity contribution in [2.45, 2.75) is 12.5 Å². The van der Waals surface area contributed by atoms with Crippen LogP contribution in [-0.4, -0.2) is 63.1 Å². The fourth-order valence-electron chi connectivity index (χ4n) is 4.82. The van der Waals surface area contributed by atoms with E-state index in [4.69, 9.17) is 14.2 Å². The first-order valence-corrected chi connectivity index (χ1v) is 11.9. The van der Waals surface area contributed by atoms with Gasteiger partial charge in [0, 0.05) is 43.7 Å². The molecule has 0 unspecified atom stereocenters. The molecule has 1 saturated heterocycles. The smallest absolute Gasteiger partial charge is 0.254 e. The third-order valence-corrected chi connectivity index (χ3v) is 6.72. The molecule has 1 aliphatic heterocycles. The van der Waals surface area contributed by atoms with E-state index in [1.165, 1.54) is 0 Å². The molecule has 1 aliphatic rings. The number of benzene rings is 3. The molecule has 2 amide bonds. The van der Waals surface area contributed by atoms with Gasteiger partial charge in [0.1, 0.15) is 17.2 Å². The van der Waals surface area contributed by atoms with E-state index in [1.54, 1.807) is 55.4 Å². The van der Waals surface area contributed by atoms with Gasteiger partial charge >= 0.3 is 0 Å². The predicted molar refractivity (Wildman–Crippen MR) is 138 cm³/mol. The fourth-order valence-corrected chi connectivity index (χ4v) is 4.82. The molecule has 36 heavy (non-hydrogen) atoms. The molecule has 4 rings (SSSR count). The van der Waals surface area contributed by atoms with Crippen molar-refractivity contribution in [1.82, 2.24) is 9.80 Å². The van der Waals surface area contributed by atoms with E-state index in [1.807, 2.05) is 55.6 Å². The maximum atomic E-state index is 13.8. The molecular formula is C29H32N2O5. The van der Waals surface area contributed by atoms with Crippen molar-refractivity contribution in [2.75, 3.05) is 41.5 Å². The number of hydrogen-bond acceptors (Lipinski definition) is 5. The molecule has 3 aromatic carbocycles. The highest BCUT2D eigenvalue weighted by Gasteiger charge is 2.43. The van der Waals surface area contributed by atoms with E-state index in [-0.39, 0.29) is 17.7 Å². The summed E-state index contributed by atoms with van der Waals surface area (Å²) in [5.41, 5.74) is 2.42. The van der Waals surface area contributed by atoms with Crippen LogP contribution in [0.25, 0.3) is 0 Å². The van der Waals surface area contributed by atoms with Gasteiger partial charge in [-0.2, -0.15) is 0 Å². The summed E-state index contributed by atoms with van der Waals surface area (Å²) < 4.78 is 16.4. The van der Waals surface area contributed by atoms with E-state index in [2.05, 4.69) is 0 Å². The number of carbonyl (C=O) groups is 2. The summed E-state index contributed by atoms with van der Waals surface area (Å²) in [6.07, 6.45) is 0. The minimum atomic E-state index is -0.436. The molecule has 0 aromatic heterocycles. The normalized spacial score (nSPS) is 16.9. The van der Waals surface area contributed by atoms with Crippen LogP contribution in [0.3, 0.4) is 0 Å². The Bertz CT molecular complexity index is 1210. The van der Waals surface area contributed by atoms with Gasteiger partial charge in [-0.05, 0) is 42.0 Å². The third kappa shape index (κ3) is 5.30. The topological polar surface area (TPSA) is 68.3 Å². The first-order valence-electron chi connectivity index (χ1n) is 11.9. The van der Waals surface area contributed by atoms with Gasteiger partial charge in [-0.3, -0.25) is 9.59 Å². The molecule has 0 aliphatic carbocycles. The van der Waals surface area contributed by atoms with Crippen molar-refractivity contribution in [2.24, 2.45) is 5.92 Å². The molecule has 0 N–H and O–H groups in total. The van der Waals surface area contributed by atoms with Crippen LogP contribution in [-0.2, 0) is 11.3 Å². The van der Waals surface area contributed by atoms with Crippen molar-refractivity contribution < 1.29 is 23.8 Å². The predicted octanol–water partition coefficient (Wildman–Crippen LogP) is 4.23. The average Bonchev–Trinajstić information content (AvgIpc) is 3.37. The minimum absolute atomic E-state index is 0.0188. The van der Waals surface area contributed by atoms with Crippen LogP contribution in [0.4, 0.5) is 0 Å². The van der Waals surface area contributed by atoms with Crippen LogP contribution < -0.4 is 14.2 Å². The molecule has 7 nitrogen and oxygen atoms in total. The van der Waals surface area contributed by atoms with Gasteiger partial charge in [-0.15, -0.1) is 0 Å². The molecule has 0 radical (unpaired) electrons. The number of ether oxygens (including phenoxy) is 3. The minimum Gasteiger partial charge on any atom is -0.497 e. The van der Waals surface area contributed by atoms with E-state index in [0.717, 1.165) is 11.1 Å². The quantitative estimate of drug-likeness (QED) is 0.475. The summed E-state index contributed by atoms with van der Waals surface area (Å²) >= 11 is 0. The Morgan fingerprint density at radius 2 is 1.58 bits per heavy atom. The summed E-state index contributed by atoms with van der Waals surface area (Å²) in [5.74, 6) is 1.11. The SMILES string of the molecule is COc1cccc(C(=O)N2C[C@H](C(=O)N(C)Cc3ccccc3)[C@@H](c3cc(OC)ccc3OC)C2)c1. The number of methoxy groups -OCH3 is 3. The molecule has 0 spiro atoms. The zero-order valence-electron chi connectivity index (χ0n) is 21.1. The van der Waals surface area contributed by atoms with Crippen LogP contribution in [0, 0.1) is 5.92 Å². The molecule has 0 saturated carbocycles. The molecule has 2 atom stereocenters. The Labute approximate surface area is 212 Å². The maximum Gasteiger partial charge on any atom is 0.254 e. The van der Waals surface area contributed by atoms with Gasteiger partial charge < -0.3 is 24.0 Å². The van der Waals surface area contributed by atoms with Crippen molar-refractivity contribution in [1.29, 1.82) is 0 Å². The number of amides is 2. The molecule has 3 aromatic rings. The average molecular weight is 489 g/mol. The van der Waals surface area contributed by atoms with Gasteiger partial charge in [0.05, 0.1) is 27.2 Å². The highest BCUT2D eigenvalue weighted by Crippen LogP contribution is 2.40. The highest BCUT2D eigenvalue weighted by atomic mass is 16.5. The first-order chi connectivity index (χ1) is 17.4. The van der Waals surface area contributed by atoms with Crippen molar-refractivity contribution >= 4 is 11.8 Å². The summed E-state index contributed by atoms with van der Waals surface area (Å²) in [6.45, 7) is 1.18. The Morgan fingerprint density at radius 1 is 0.861 bits per heavy atom. The van der Waals surface area contributed by atoms with Gasteiger partial charge in [-0.1, -0.05) is 36.4 Å². The second kappa shape index (κ2) is 11.2. The zero-order valence-corrected chi connectivity index (χ0v) is 21.1. The fraction of sp³-hybridized carbons (Fsp3) is 0.310. The van der Waals surface area contributed by atoms with Crippen LogP contribution >= 0.6 is 0 Å². The number of nitrogens with zero attached hydrogens (tertiary/aromatic N) is 2. The maximum absolute atomic E-state index is 13.8. The zero-order chi connectivity index (χ0) is 25.7.